The van der Waals surface area contributed by atoms with E-state index >= 15 is 0 Å². The lowest BCUT2D eigenvalue weighted by molar-refractivity contribution is 0.0961. The number of pyridine rings is 1. The second-order valence-corrected chi connectivity index (χ2v) is 3.77. The molecule has 0 aliphatic rings. The zero-order valence-electron chi connectivity index (χ0n) is 9.50. The Morgan fingerprint density at radius 1 is 1.40 bits per heavy atom. The molecule has 0 spiro atoms. The van der Waals surface area contributed by atoms with Gasteiger partial charge in [-0.1, -0.05) is 13.8 Å². The summed E-state index contributed by atoms with van der Waals surface area (Å²) in [6, 6.07) is 3.40. The van der Waals surface area contributed by atoms with Crippen LogP contribution < -0.4 is 10.9 Å². The quantitative estimate of drug-likeness (QED) is 0.784. The maximum Gasteiger partial charge on any atom is 0.263 e. The van der Waals surface area contributed by atoms with Gasteiger partial charge in [-0.2, -0.15) is 0 Å². The Morgan fingerprint density at radius 2 is 2.00 bits per heavy atom. The van der Waals surface area contributed by atoms with Gasteiger partial charge in [0.15, 0.2) is 0 Å². The van der Waals surface area contributed by atoms with Crippen LogP contribution in [0.4, 0.5) is 0 Å². The topological polar surface area (TPSA) is 51.1 Å². The van der Waals surface area contributed by atoms with E-state index < -0.39 is 0 Å². The fourth-order valence-corrected chi connectivity index (χ4v) is 1.54. The first-order valence-electron chi connectivity index (χ1n) is 4.91. The van der Waals surface area contributed by atoms with Crippen LogP contribution in [-0.2, 0) is 7.05 Å². The Balaban J connectivity index is 3.34. The van der Waals surface area contributed by atoms with Crippen molar-refractivity contribution in [3.05, 3.63) is 33.7 Å². The average Bonchev–Trinajstić information content (AvgIpc) is 2.20. The molecular formula is C11H16N2O2. The summed E-state index contributed by atoms with van der Waals surface area (Å²) >= 11 is 0. The van der Waals surface area contributed by atoms with E-state index in [9.17, 15) is 9.59 Å². The highest BCUT2D eigenvalue weighted by molar-refractivity contribution is 5.93. The van der Waals surface area contributed by atoms with Gasteiger partial charge in [0.2, 0.25) is 0 Å². The first-order valence-corrected chi connectivity index (χ1v) is 4.91. The molecule has 4 nitrogen and oxygen atoms in total. The predicted molar refractivity (Wildman–Crippen MR) is 59.2 cm³/mol. The van der Waals surface area contributed by atoms with Crippen LogP contribution in [0, 0.1) is 0 Å². The standard InChI is InChI=1S/C11H16N2O2/c1-7(2)9-6-5-8(10(14)12-3)11(15)13(9)4/h5-7H,1-4H3,(H,12,14). The van der Waals surface area contributed by atoms with Gasteiger partial charge in [-0.05, 0) is 18.1 Å². The van der Waals surface area contributed by atoms with Crippen molar-refractivity contribution in [2.75, 3.05) is 7.05 Å². The van der Waals surface area contributed by atoms with Crippen LogP contribution in [0.25, 0.3) is 0 Å². The number of aromatic nitrogens is 1. The normalized spacial score (nSPS) is 10.5. The van der Waals surface area contributed by atoms with Gasteiger partial charge in [0, 0.05) is 19.8 Å². The summed E-state index contributed by atoms with van der Waals surface area (Å²) in [5, 5.41) is 2.45. The fourth-order valence-electron chi connectivity index (χ4n) is 1.54. The number of carbonyl (C=O) groups is 1. The van der Waals surface area contributed by atoms with Crippen LogP contribution in [0.5, 0.6) is 0 Å². The average molecular weight is 208 g/mol. The highest BCUT2D eigenvalue weighted by Crippen LogP contribution is 2.11. The molecule has 0 saturated carbocycles. The third-order valence-electron chi connectivity index (χ3n) is 2.41. The molecule has 0 radical (unpaired) electrons. The molecule has 0 unspecified atom stereocenters. The molecule has 0 bridgehead atoms. The van der Waals surface area contributed by atoms with E-state index in [1.165, 1.54) is 11.6 Å². The van der Waals surface area contributed by atoms with Crippen molar-refractivity contribution in [2.45, 2.75) is 19.8 Å². The molecule has 1 amide bonds. The molecule has 1 aromatic heterocycles. The number of hydrogen-bond acceptors (Lipinski definition) is 2. The van der Waals surface area contributed by atoms with Crippen LogP contribution in [0.1, 0.15) is 35.8 Å². The van der Waals surface area contributed by atoms with Gasteiger partial charge in [-0.25, -0.2) is 0 Å². The van der Waals surface area contributed by atoms with Crippen molar-refractivity contribution >= 4 is 5.91 Å². The molecule has 0 saturated heterocycles. The summed E-state index contributed by atoms with van der Waals surface area (Å²) in [5.74, 6) is -0.0765. The summed E-state index contributed by atoms with van der Waals surface area (Å²) in [7, 11) is 3.20. The monoisotopic (exact) mass is 208 g/mol. The van der Waals surface area contributed by atoms with E-state index in [1.807, 2.05) is 19.9 Å². The first kappa shape index (κ1) is 11.5. The molecule has 1 aromatic rings. The number of hydrogen-bond donors (Lipinski definition) is 1. The predicted octanol–water partition coefficient (Wildman–Crippen LogP) is 0.868. The molecule has 0 aliphatic carbocycles. The van der Waals surface area contributed by atoms with E-state index in [0.29, 0.717) is 0 Å². The molecule has 4 heteroatoms. The molecule has 1 rings (SSSR count). The van der Waals surface area contributed by atoms with E-state index in [4.69, 9.17) is 0 Å². The van der Waals surface area contributed by atoms with Gasteiger partial charge in [-0.15, -0.1) is 0 Å². The molecule has 1 heterocycles. The lowest BCUT2D eigenvalue weighted by Gasteiger charge is -2.12. The Bertz CT molecular complexity index is 433. The third kappa shape index (κ3) is 2.09. The SMILES string of the molecule is CNC(=O)c1ccc(C(C)C)n(C)c1=O. The largest absolute Gasteiger partial charge is 0.355 e. The molecular weight excluding hydrogens is 192 g/mol. The Hall–Kier alpha value is -1.58. The maximum absolute atomic E-state index is 11.8. The van der Waals surface area contributed by atoms with Gasteiger partial charge < -0.3 is 9.88 Å². The summed E-state index contributed by atoms with van der Waals surface area (Å²) in [6.07, 6.45) is 0. The van der Waals surface area contributed by atoms with Gasteiger partial charge in [0.05, 0.1) is 0 Å². The number of amides is 1. The molecule has 15 heavy (non-hydrogen) atoms. The third-order valence-corrected chi connectivity index (χ3v) is 2.41. The van der Waals surface area contributed by atoms with Crippen LogP contribution >= 0.6 is 0 Å². The highest BCUT2D eigenvalue weighted by atomic mass is 16.2. The number of nitrogens with zero attached hydrogens (tertiary/aromatic N) is 1. The molecule has 1 N–H and O–H groups in total. The number of nitrogens with one attached hydrogen (secondary N) is 1. The summed E-state index contributed by atoms with van der Waals surface area (Å²) in [5.41, 5.74) is 0.859. The molecule has 0 aliphatic heterocycles. The second-order valence-electron chi connectivity index (χ2n) is 3.77. The van der Waals surface area contributed by atoms with E-state index in [0.717, 1.165) is 5.69 Å². The van der Waals surface area contributed by atoms with Gasteiger partial charge in [-0.3, -0.25) is 9.59 Å². The molecule has 0 fully saturated rings. The summed E-state index contributed by atoms with van der Waals surface area (Å²) < 4.78 is 1.52. The molecule has 0 atom stereocenters. The number of rotatable bonds is 2. The molecule has 82 valence electrons. The minimum absolute atomic E-state index is 0.185. The lowest BCUT2D eigenvalue weighted by atomic mass is 10.1. The number of carbonyl (C=O) groups excluding carboxylic acids is 1. The van der Waals surface area contributed by atoms with E-state index in [1.54, 1.807) is 13.1 Å². The zero-order chi connectivity index (χ0) is 11.6. The summed E-state index contributed by atoms with van der Waals surface area (Å²) in [4.78, 5) is 23.1. The Kier molecular flexibility index (Phi) is 3.29. The van der Waals surface area contributed by atoms with E-state index in [-0.39, 0.29) is 22.9 Å². The van der Waals surface area contributed by atoms with Crippen molar-refractivity contribution in [2.24, 2.45) is 7.05 Å². The fraction of sp³-hybridized carbons (Fsp3) is 0.455. The Morgan fingerprint density at radius 3 is 2.47 bits per heavy atom. The van der Waals surface area contributed by atoms with Crippen molar-refractivity contribution in [3.63, 3.8) is 0 Å². The van der Waals surface area contributed by atoms with Crippen LogP contribution in [0.3, 0.4) is 0 Å². The van der Waals surface area contributed by atoms with Gasteiger partial charge in [0.25, 0.3) is 11.5 Å². The summed E-state index contributed by atoms with van der Waals surface area (Å²) in [6.45, 7) is 4.02. The van der Waals surface area contributed by atoms with Crippen molar-refractivity contribution in [3.8, 4) is 0 Å². The van der Waals surface area contributed by atoms with Gasteiger partial charge >= 0.3 is 0 Å². The zero-order valence-corrected chi connectivity index (χ0v) is 9.50. The second kappa shape index (κ2) is 4.29. The minimum atomic E-state index is -0.342. The smallest absolute Gasteiger partial charge is 0.263 e. The van der Waals surface area contributed by atoms with Crippen LogP contribution in [0.15, 0.2) is 16.9 Å². The Labute approximate surface area is 88.9 Å². The minimum Gasteiger partial charge on any atom is -0.355 e. The van der Waals surface area contributed by atoms with E-state index in [2.05, 4.69) is 5.32 Å². The highest BCUT2D eigenvalue weighted by Gasteiger charge is 2.12. The van der Waals surface area contributed by atoms with Gasteiger partial charge in [0.1, 0.15) is 5.56 Å². The van der Waals surface area contributed by atoms with Crippen molar-refractivity contribution in [1.82, 2.24) is 9.88 Å². The first-order chi connectivity index (χ1) is 6.99. The van der Waals surface area contributed by atoms with Crippen molar-refractivity contribution in [1.29, 1.82) is 0 Å². The van der Waals surface area contributed by atoms with Crippen molar-refractivity contribution < 1.29 is 4.79 Å². The maximum atomic E-state index is 11.8. The lowest BCUT2D eigenvalue weighted by Crippen LogP contribution is -2.31. The molecule has 0 aromatic carbocycles. The van der Waals surface area contributed by atoms with Crippen LogP contribution in [0.2, 0.25) is 0 Å². The van der Waals surface area contributed by atoms with Crippen LogP contribution in [-0.4, -0.2) is 17.5 Å².